The van der Waals surface area contributed by atoms with Crippen molar-refractivity contribution in [2.24, 2.45) is 0 Å². The fraction of sp³-hybridized carbons (Fsp3) is 0.320. The number of likely N-dealkylation sites (N-methyl/N-ethyl adjacent to an activating group) is 1. The monoisotopic (exact) mass is 502 g/mol. The second kappa shape index (κ2) is 10.8. The molecule has 1 saturated heterocycles. The average Bonchev–Trinajstić information content (AvgIpc) is 3.06. The van der Waals surface area contributed by atoms with Crippen LogP contribution in [0.1, 0.15) is 24.1 Å². The predicted molar refractivity (Wildman–Crippen MR) is 130 cm³/mol. The maximum Gasteiger partial charge on any atom is 0.308 e. The van der Waals surface area contributed by atoms with Crippen molar-refractivity contribution in [3.05, 3.63) is 58.1 Å². The second-order valence-corrected chi connectivity index (χ2v) is 8.56. The van der Waals surface area contributed by atoms with Crippen LogP contribution in [0.4, 0.5) is 0 Å². The van der Waals surface area contributed by atoms with Crippen molar-refractivity contribution in [2.45, 2.75) is 13.0 Å². The van der Waals surface area contributed by atoms with Crippen LogP contribution in [-0.4, -0.2) is 74.0 Å². The number of nitrogens with zero attached hydrogens (tertiary/aromatic N) is 2. The highest BCUT2D eigenvalue weighted by Crippen LogP contribution is 2.43. The average molecular weight is 503 g/mol. The number of benzene rings is 2. The number of methoxy groups -OCH3 is 2. The van der Waals surface area contributed by atoms with Crippen LogP contribution < -0.4 is 14.2 Å². The van der Waals surface area contributed by atoms with E-state index in [4.69, 9.17) is 25.8 Å². The van der Waals surface area contributed by atoms with Crippen LogP contribution in [0.3, 0.4) is 0 Å². The molecule has 0 radical (unpaired) electrons. The molecule has 3 rings (SSSR count). The zero-order chi connectivity index (χ0) is 25.9. The van der Waals surface area contributed by atoms with Gasteiger partial charge in [0.15, 0.2) is 0 Å². The van der Waals surface area contributed by atoms with E-state index in [9.17, 15) is 19.5 Å². The first-order valence-corrected chi connectivity index (χ1v) is 11.1. The van der Waals surface area contributed by atoms with Gasteiger partial charge in [0.05, 0.1) is 36.4 Å². The van der Waals surface area contributed by atoms with Crippen molar-refractivity contribution in [3.8, 4) is 17.2 Å². The lowest BCUT2D eigenvalue weighted by Gasteiger charge is -2.27. The van der Waals surface area contributed by atoms with E-state index in [2.05, 4.69) is 0 Å². The molecule has 0 spiro atoms. The third-order valence-corrected chi connectivity index (χ3v) is 5.79. The topological polar surface area (TPSA) is 106 Å². The number of aliphatic hydroxyl groups excluding tert-OH is 1. The third-order valence-electron chi connectivity index (χ3n) is 5.49. The largest absolute Gasteiger partial charge is 0.507 e. The van der Waals surface area contributed by atoms with Crippen molar-refractivity contribution >= 4 is 35.0 Å². The summed E-state index contributed by atoms with van der Waals surface area (Å²) in [5.74, 6) is -1.85. The van der Waals surface area contributed by atoms with Gasteiger partial charge in [-0.1, -0.05) is 23.7 Å². The molecule has 1 aliphatic rings. The first kappa shape index (κ1) is 26.1. The minimum absolute atomic E-state index is 0.128. The first-order chi connectivity index (χ1) is 16.6. The Labute approximate surface area is 208 Å². The summed E-state index contributed by atoms with van der Waals surface area (Å²) in [4.78, 5) is 41.1. The second-order valence-electron chi connectivity index (χ2n) is 8.15. The highest BCUT2D eigenvalue weighted by atomic mass is 35.5. The molecule has 0 aliphatic carbocycles. The lowest BCUT2D eigenvalue weighted by molar-refractivity contribution is -0.140. The zero-order valence-electron chi connectivity index (χ0n) is 20.1. The molecule has 1 N–H and O–H groups in total. The molecular formula is C25H27ClN2O7. The number of carbonyl (C=O) groups is 3. The van der Waals surface area contributed by atoms with Gasteiger partial charge in [0.25, 0.3) is 11.7 Å². The zero-order valence-corrected chi connectivity index (χ0v) is 20.9. The van der Waals surface area contributed by atoms with Crippen LogP contribution in [0.15, 0.2) is 42.0 Å². The normalized spacial score (nSPS) is 17.1. The molecule has 186 valence electrons. The van der Waals surface area contributed by atoms with Crippen molar-refractivity contribution in [2.75, 3.05) is 41.4 Å². The van der Waals surface area contributed by atoms with Gasteiger partial charge in [0.2, 0.25) is 0 Å². The lowest BCUT2D eigenvalue weighted by atomic mass is 9.94. The molecule has 1 atom stereocenters. The molecule has 1 aliphatic heterocycles. The summed E-state index contributed by atoms with van der Waals surface area (Å²) in [5.41, 5.74) is 0.500. The molecule has 2 aromatic carbocycles. The molecule has 2 aromatic rings. The number of aliphatic hydroxyl groups is 1. The Balaban J connectivity index is 2.25. The van der Waals surface area contributed by atoms with Gasteiger partial charge in [-0.2, -0.15) is 0 Å². The van der Waals surface area contributed by atoms with Crippen molar-refractivity contribution in [1.29, 1.82) is 0 Å². The Morgan fingerprint density at radius 3 is 2.40 bits per heavy atom. The smallest absolute Gasteiger partial charge is 0.308 e. The van der Waals surface area contributed by atoms with Crippen LogP contribution in [0.5, 0.6) is 17.2 Å². The van der Waals surface area contributed by atoms with Crippen LogP contribution >= 0.6 is 11.6 Å². The molecular weight excluding hydrogens is 476 g/mol. The summed E-state index contributed by atoms with van der Waals surface area (Å²) in [7, 11) is 6.50. The summed E-state index contributed by atoms with van der Waals surface area (Å²) < 4.78 is 15.8. The Hall–Kier alpha value is -3.56. The number of Topliss-reactive ketones (excluding diaryl/α,β-unsaturated/α-hetero) is 1. The first-order valence-electron chi connectivity index (χ1n) is 10.7. The highest BCUT2D eigenvalue weighted by Gasteiger charge is 2.46. The van der Waals surface area contributed by atoms with E-state index in [1.165, 1.54) is 38.2 Å². The van der Waals surface area contributed by atoms with Crippen molar-refractivity contribution in [1.82, 2.24) is 9.80 Å². The number of hydrogen-bond donors (Lipinski definition) is 1. The number of esters is 1. The summed E-state index contributed by atoms with van der Waals surface area (Å²) >= 11 is 6.20. The van der Waals surface area contributed by atoms with E-state index in [0.717, 1.165) is 0 Å². The number of ketones is 1. The lowest BCUT2D eigenvalue weighted by Crippen LogP contribution is -2.35. The number of ether oxygens (including phenoxy) is 3. The van der Waals surface area contributed by atoms with Crippen LogP contribution in [-0.2, 0) is 14.4 Å². The Kier molecular flexibility index (Phi) is 8.03. The fourth-order valence-corrected chi connectivity index (χ4v) is 4.10. The molecule has 1 heterocycles. The van der Waals surface area contributed by atoms with Gasteiger partial charge >= 0.3 is 5.97 Å². The minimum Gasteiger partial charge on any atom is -0.507 e. The Bertz CT molecular complexity index is 1190. The van der Waals surface area contributed by atoms with Gasteiger partial charge in [-0.3, -0.25) is 14.4 Å². The van der Waals surface area contributed by atoms with Gasteiger partial charge in [-0.25, -0.2) is 0 Å². The minimum atomic E-state index is -0.933. The molecule has 1 amide bonds. The maximum atomic E-state index is 13.2. The predicted octanol–water partition coefficient (Wildman–Crippen LogP) is 3.27. The van der Waals surface area contributed by atoms with Gasteiger partial charge in [-0.05, 0) is 37.9 Å². The van der Waals surface area contributed by atoms with Gasteiger partial charge in [0.1, 0.15) is 23.0 Å². The van der Waals surface area contributed by atoms with Gasteiger partial charge < -0.3 is 29.1 Å². The van der Waals surface area contributed by atoms with Crippen molar-refractivity contribution in [3.63, 3.8) is 0 Å². The van der Waals surface area contributed by atoms with Gasteiger partial charge in [-0.15, -0.1) is 0 Å². The number of amides is 1. The summed E-state index contributed by atoms with van der Waals surface area (Å²) in [5, 5.41) is 11.6. The molecule has 0 aromatic heterocycles. The Morgan fingerprint density at radius 1 is 1.11 bits per heavy atom. The van der Waals surface area contributed by atoms with E-state index in [1.807, 2.05) is 19.0 Å². The highest BCUT2D eigenvalue weighted by molar-refractivity contribution is 6.46. The Morgan fingerprint density at radius 2 is 1.80 bits per heavy atom. The van der Waals surface area contributed by atoms with Crippen LogP contribution in [0, 0.1) is 0 Å². The fourth-order valence-electron chi connectivity index (χ4n) is 3.87. The quantitative estimate of drug-likeness (QED) is 0.193. The summed E-state index contributed by atoms with van der Waals surface area (Å²) in [6.07, 6.45) is 0. The standard InChI is InChI=1S/C25H27ClN2O7/c1-14(29)35-16-8-6-7-15(11-16)22-21(24(31)25(32)28(22)10-9-27(2)3)23(30)17-12-20(34-5)18(26)13-19(17)33-4/h6-8,11-13,22,30H,9-10H2,1-5H3/b23-21+. The van der Waals surface area contributed by atoms with E-state index < -0.39 is 29.5 Å². The van der Waals surface area contributed by atoms with Crippen LogP contribution in [0.2, 0.25) is 5.02 Å². The van der Waals surface area contributed by atoms with E-state index in [1.54, 1.807) is 24.3 Å². The van der Waals surface area contributed by atoms with E-state index in [0.29, 0.717) is 12.1 Å². The number of likely N-dealkylation sites (tertiary alicyclic amines) is 1. The number of carbonyl (C=O) groups excluding carboxylic acids is 3. The maximum absolute atomic E-state index is 13.2. The molecule has 35 heavy (non-hydrogen) atoms. The molecule has 9 nitrogen and oxygen atoms in total. The molecule has 0 saturated carbocycles. The number of hydrogen-bond acceptors (Lipinski definition) is 8. The molecule has 10 heteroatoms. The SMILES string of the molecule is COc1cc(/C(O)=C2\C(=O)C(=O)N(CCN(C)C)C2c2cccc(OC(C)=O)c2)c(OC)cc1Cl. The van der Waals surface area contributed by atoms with Crippen LogP contribution in [0.25, 0.3) is 5.76 Å². The third kappa shape index (κ3) is 5.41. The number of rotatable bonds is 8. The van der Waals surface area contributed by atoms with E-state index in [-0.39, 0.29) is 40.0 Å². The molecule has 1 unspecified atom stereocenters. The molecule has 0 bridgehead atoms. The van der Waals surface area contributed by atoms with E-state index >= 15 is 0 Å². The summed E-state index contributed by atoms with van der Waals surface area (Å²) in [6, 6.07) is 8.45. The van der Waals surface area contributed by atoms with Crippen molar-refractivity contribution < 1.29 is 33.7 Å². The van der Waals surface area contributed by atoms with Gasteiger partial charge in [0, 0.05) is 26.1 Å². The summed E-state index contributed by atoms with van der Waals surface area (Å²) in [6.45, 7) is 1.97. The molecule has 1 fully saturated rings. The number of halogens is 1.